The van der Waals surface area contributed by atoms with Gasteiger partial charge in [-0.1, -0.05) is 42.5 Å². The van der Waals surface area contributed by atoms with E-state index in [1.165, 1.54) is 6.07 Å². The molecular formula is C29H26FN3O. The molecule has 0 aliphatic carbocycles. The third-order valence-electron chi connectivity index (χ3n) is 6.28. The summed E-state index contributed by atoms with van der Waals surface area (Å²) in [6.45, 7) is 2.60. The first-order chi connectivity index (χ1) is 16.7. The molecule has 3 aromatic carbocycles. The summed E-state index contributed by atoms with van der Waals surface area (Å²) in [6, 6.07) is 24.7. The number of fused-ring (bicyclic) bond motifs is 2. The predicted molar refractivity (Wildman–Crippen MR) is 136 cm³/mol. The molecule has 5 rings (SSSR count). The van der Waals surface area contributed by atoms with Crippen molar-refractivity contribution in [1.29, 1.82) is 0 Å². The highest BCUT2D eigenvalue weighted by atomic mass is 19.1. The number of halogens is 1. The number of anilines is 1. The number of rotatable bonds is 7. The number of nitrogens with zero attached hydrogens (tertiary/aromatic N) is 2. The second-order valence-electron chi connectivity index (χ2n) is 8.37. The van der Waals surface area contributed by atoms with E-state index in [9.17, 15) is 9.18 Å². The van der Waals surface area contributed by atoms with Gasteiger partial charge in [-0.3, -0.25) is 9.78 Å². The topological polar surface area (TPSA) is 49.0 Å². The van der Waals surface area contributed by atoms with E-state index in [1.54, 1.807) is 18.3 Å². The van der Waals surface area contributed by atoms with Gasteiger partial charge in [0, 0.05) is 35.5 Å². The van der Waals surface area contributed by atoms with Gasteiger partial charge in [-0.2, -0.15) is 0 Å². The SMILES string of the molecule is CCN(C(=O)CCCc1c(-c2ccccn2)[nH]c2ccc(F)cc12)c1cccc2ccccc12. The van der Waals surface area contributed by atoms with E-state index in [1.807, 2.05) is 54.3 Å². The smallest absolute Gasteiger partial charge is 0.226 e. The second-order valence-corrected chi connectivity index (χ2v) is 8.37. The van der Waals surface area contributed by atoms with Crippen molar-refractivity contribution < 1.29 is 9.18 Å². The predicted octanol–water partition coefficient (Wildman–Crippen LogP) is 6.90. The highest BCUT2D eigenvalue weighted by molar-refractivity contribution is 6.03. The summed E-state index contributed by atoms with van der Waals surface area (Å²) in [5.41, 5.74) is 4.50. The minimum absolute atomic E-state index is 0.0873. The first kappa shape index (κ1) is 21.8. The van der Waals surface area contributed by atoms with E-state index in [-0.39, 0.29) is 11.7 Å². The van der Waals surface area contributed by atoms with Crippen LogP contribution in [0.1, 0.15) is 25.3 Å². The fourth-order valence-electron chi connectivity index (χ4n) is 4.68. The molecule has 0 saturated heterocycles. The van der Waals surface area contributed by atoms with Gasteiger partial charge in [0.1, 0.15) is 5.82 Å². The normalized spacial score (nSPS) is 11.2. The first-order valence-corrected chi connectivity index (χ1v) is 11.7. The minimum atomic E-state index is -0.274. The summed E-state index contributed by atoms with van der Waals surface area (Å²) in [7, 11) is 0. The molecule has 0 aliphatic heterocycles. The number of H-pyrrole nitrogens is 1. The fraction of sp³-hybridized carbons (Fsp3) is 0.172. The average molecular weight is 452 g/mol. The summed E-state index contributed by atoms with van der Waals surface area (Å²) in [5, 5.41) is 3.03. The minimum Gasteiger partial charge on any atom is -0.353 e. The summed E-state index contributed by atoms with van der Waals surface area (Å²) >= 11 is 0. The van der Waals surface area contributed by atoms with Gasteiger partial charge in [0.25, 0.3) is 0 Å². The lowest BCUT2D eigenvalue weighted by molar-refractivity contribution is -0.118. The van der Waals surface area contributed by atoms with Crippen molar-refractivity contribution in [3.63, 3.8) is 0 Å². The lowest BCUT2D eigenvalue weighted by atomic mass is 10.0. The molecule has 5 heteroatoms. The Morgan fingerprint density at radius 3 is 2.62 bits per heavy atom. The number of benzene rings is 3. The molecule has 1 amide bonds. The van der Waals surface area contributed by atoms with E-state index in [4.69, 9.17) is 0 Å². The van der Waals surface area contributed by atoms with Crippen LogP contribution < -0.4 is 4.90 Å². The number of hydrogen-bond donors (Lipinski definition) is 1. The fourth-order valence-corrected chi connectivity index (χ4v) is 4.68. The molecule has 0 aliphatic rings. The molecular weight excluding hydrogens is 425 g/mol. The van der Waals surface area contributed by atoms with Gasteiger partial charge in [0.05, 0.1) is 17.1 Å². The maximum absolute atomic E-state index is 14.1. The lowest BCUT2D eigenvalue weighted by Crippen LogP contribution is -2.30. The number of carbonyl (C=O) groups is 1. The largest absolute Gasteiger partial charge is 0.353 e. The molecule has 0 unspecified atom stereocenters. The van der Waals surface area contributed by atoms with Gasteiger partial charge in [0.2, 0.25) is 5.91 Å². The van der Waals surface area contributed by atoms with Crippen molar-refractivity contribution in [3.05, 3.63) is 96.4 Å². The summed E-state index contributed by atoms with van der Waals surface area (Å²) in [5.74, 6) is -0.186. The van der Waals surface area contributed by atoms with Crippen molar-refractivity contribution in [2.75, 3.05) is 11.4 Å². The van der Waals surface area contributed by atoms with E-state index < -0.39 is 0 Å². The van der Waals surface area contributed by atoms with E-state index in [0.717, 1.165) is 44.3 Å². The maximum Gasteiger partial charge on any atom is 0.226 e. The number of aryl methyl sites for hydroxylation is 1. The van der Waals surface area contributed by atoms with Crippen LogP contribution in [0.3, 0.4) is 0 Å². The highest BCUT2D eigenvalue weighted by Gasteiger charge is 2.18. The van der Waals surface area contributed by atoms with Crippen LogP contribution in [-0.4, -0.2) is 22.4 Å². The molecule has 0 radical (unpaired) electrons. The van der Waals surface area contributed by atoms with Crippen LogP contribution in [0.5, 0.6) is 0 Å². The van der Waals surface area contributed by atoms with Crippen LogP contribution >= 0.6 is 0 Å². The number of pyridine rings is 1. The summed E-state index contributed by atoms with van der Waals surface area (Å²) < 4.78 is 14.1. The van der Waals surface area contributed by atoms with Gasteiger partial charge >= 0.3 is 0 Å². The van der Waals surface area contributed by atoms with E-state index >= 15 is 0 Å². The summed E-state index contributed by atoms with van der Waals surface area (Å²) in [4.78, 5) is 23.0. The van der Waals surface area contributed by atoms with E-state index in [2.05, 4.69) is 28.2 Å². The van der Waals surface area contributed by atoms with Crippen molar-refractivity contribution in [2.45, 2.75) is 26.2 Å². The number of hydrogen-bond acceptors (Lipinski definition) is 2. The molecule has 0 saturated carbocycles. The van der Waals surface area contributed by atoms with Crippen LogP contribution in [0, 0.1) is 5.82 Å². The molecule has 4 nitrogen and oxygen atoms in total. The standard InChI is InChI=1S/C29H26FN3O/c1-2-33(27-14-7-10-20-9-3-4-11-22(20)27)28(34)15-8-12-23-24-19-21(30)16-17-25(24)32-29(23)26-13-5-6-18-31-26/h3-7,9-11,13-14,16-19,32H,2,8,12,15H2,1H3. The zero-order valence-electron chi connectivity index (χ0n) is 19.1. The molecule has 5 aromatic rings. The lowest BCUT2D eigenvalue weighted by Gasteiger charge is -2.23. The third kappa shape index (κ3) is 4.17. The average Bonchev–Trinajstić information content (AvgIpc) is 3.23. The second kappa shape index (κ2) is 9.48. The van der Waals surface area contributed by atoms with Crippen LogP contribution in [0.25, 0.3) is 33.1 Å². The quantitative estimate of drug-likeness (QED) is 0.293. The van der Waals surface area contributed by atoms with Gasteiger partial charge in [-0.25, -0.2) is 4.39 Å². The van der Waals surface area contributed by atoms with Crippen molar-refractivity contribution in [1.82, 2.24) is 9.97 Å². The maximum atomic E-state index is 14.1. The number of aromatic amines is 1. The Bertz CT molecular complexity index is 1450. The zero-order chi connectivity index (χ0) is 23.5. The van der Waals surface area contributed by atoms with Gasteiger partial charge < -0.3 is 9.88 Å². The highest BCUT2D eigenvalue weighted by Crippen LogP contribution is 2.32. The van der Waals surface area contributed by atoms with E-state index in [0.29, 0.717) is 25.8 Å². The van der Waals surface area contributed by atoms with Crippen molar-refractivity contribution in [3.8, 4) is 11.4 Å². The van der Waals surface area contributed by atoms with Crippen LogP contribution in [0.4, 0.5) is 10.1 Å². The Hall–Kier alpha value is -3.99. The number of nitrogens with one attached hydrogen (secondary N) is 1. The molecule has 0 fully saturated rings. The molecule has 170 valence electrons. The Balaban J connectivity index is 1.39. The van der Waals surface area contributed by atoms with Crippen molar-refractivity contribution >= 4 is 33.3 Å². The Morgan fingerprint density at radius 2 is 1.79 bits per heavy atom. The third-order valence-corrected chi connectivity index (χ3v) is 6.28. The van der Waals surface area contributed by atoms with Crippen LogP contribution in [0.15, 0.2) is 85.1 Å². The van der Waals surface area contributed by atoms with Gasteiger partial charge in [-0.05, 0) is 67.1 Å². The van der Waals surface area contributed by atoms with Crippen LogP contribution in [-0.2, 0) is 11.2 Å². The van der Waals surface area contributed by atoms with Gasteiger partial charge in [0.15, 0.2) is 0 Å². The molecule has 0 spiro atoms. The molecule has 1 N–H and O–H groups in total. The summed E-state index contributed by atoms with van der Waals surface area (Å²) in [6.07, 6.45) is 3.45. The first-order valence-electron chi connectivity index (χ1n) is 11.7. The number of amides is 1. The molecule has 0 atom stereocenters. The number of carbonyl (C=O) groups excluding carboxylic acids is 1. The van der Waals surface area contributed by atoms with Gasteiger partial charge in [-0.15, -0.1) is 0 Å². The molecule has 34 heavy (non-hydrogen) atoms. The van der Waals surface area contributed by atoms with Crippen molar-refractivity contribution in [2.24, 2.45) is 0 Å². The van der Waals surface area contributed by atoms with Crippen LogP contribution in [0.2, 0.25) is 0 Å². The molecule has 2 heterocycles. The Morgan fingerprint density at radius 1 is 0.971 bits per heavy atom. The Labute approximate surface area is 198 Å². The molecule has 2 aromatic heterocycles. The number of aromatic nitrogens is 2. The Kier molecular flexibility index (Phi) is 6.09. The molecule has 0 bridgehead atoms. The zero-order valence-corrected chi connectivity index (χ0v) is 19.1. The monoisotopic (exact) mass is 451 g/mol.